The minimum Gasteiger partial charge on any atom is -0.441 e. The molecule has 5 heteroatoms. The fourth-order valence-corrected chi connectivity index (χ4v) is 1.60. The van der Waals surface area contributed by atoms with Gasteiger partial charge in [0.15, 0.2) is 11.5 Å². The van der Waals surface area contributed by atoms with Crippen molar-refractivity contribution in [2.75, 3.05) is 6.54 Å². The molecule has 0 aliphatic rings. The first kappa shape index (κ1) is 11.0. The van der Waals surface area contributed by atoms with E-state index in [9.17, 15) is 8.78 Å². The van der Waals surface area contributed by atoms with Crippen molar-refractivity contribution in [1.29, 1.82) is 0 Å². The lowest BCUT2D eigenvalue weighted by Crippen LogP contribution is -2.18. The van der Waals surface area contributed by atoms with Gasteiger partial charge in [-0.05, 0) is 24.7 Å². The second kappa shape index (κ2) is 3.83. The third kappa shape index (κ3) is 1.90. The number of benzene rings is 1. The average Bonchev–Trinajstić information content (AvgIpc) is 2.56. The molecule has 2 aromatic rings. The minimum atomic E-state index is -2.91. The predicted octanol–water partition coefficient (Wildman–Crippen LogP) is 2.58. The van der Waals surface area contributed by atoms with E-state index in [2.05, 4.69) is 4.98 Å². The van der Waals surface area contributed by atoms with Gasteiger partial charge in [-0.25, -0.2) is 13.8 Å². The van der Waals surface area contributed by atoms with Crippen molar-refractivity contribution in [3.05, 3.63) is 29.7 Å². The van der Waals surface area contributed by atoms with Crippen LogP contribution in [0.15, 0.2) is 22.6 Å². The molecule has 0 fully saturated rings. The number of halogens is 2. The summed E-state index contributed by atoms with van der Waals surface area (Å²) >= 11 is 0. The van der Waals surface area contributed by atoms with Gasteiger partial charge in [0.05, 0.1) is 0 Å². The van der Waals surface area contributed by atoms with Gasteiger partial charge < -0.3 is 10.2 Å². The van der Waals surface area contributed by atoms with E-state index in [1.165, 1.54) is 18.2 Å². The Morgan fingerprint density at radius 1 is 1.44 bits per heavy atom. The zero-order valence-electron chi connectivity index (χ0n) is 8.84. The number of nitrogens with two attached hydrogens (primary N) is 1. The summed E-state index contributed by atoms with van der Waals surface area (Å²) in [5, 5.41) is 0. The molecule has 1 heterocycles. The molecule has 0 bridgehead atoms. The van der Waals surface area contributed by atoms with Crippen LogP contribution in [0.5, 0.6) is 0 Å². The lowest BCUT2D eigenvalue weighted by atomic mass is 10.1. The van der Waals surface area contributed by atoms with Crippen LogP contribution in [-0.4, -0.2) is 11.5 Å². The Balaban J connectivity index is 2.45. The van der Waals surface area contributed by atoms with E-state index in [4.69, 9.17) is 10.2 Å². The third-order valence-electron chi connectivity index (χ3n) is 2.38. The van der Waals surface area contributed by atoms with Crippen LogP contribution in [0, 0.1) is 6.92 Å². The van der Waals surface area contributed by atoms with E-state index in [1.807, 2.05) is 0 Å². The molecule has 2 rings (SSSR count). The van der Waals surface area contributed by atoms with Crippen LogP contribution in [0.25, 0.3) is 11.1 Å². The molecule has 0 unspecified atom stereocenters. The van der Waals surface area contributed by atoms with Gasteiger partial charge >= 0.3 is 0 Å². The Morgan fingerprint density at radius 2 is 2.19 bits per heavy atom. The summed E-state index contributed by atoms with van der Waals surface area (Å²) < 4.78 is 32.3. The van der Waals surface area contributed by atoms with Crippen molar-refractivity contribution in [2.45, 2.75) is 19.3 Å². The van der Waals surface area contributed by atoms with Crippen LogP contribution in [0.3, 0.4) is 0 Å². The first-order valence-electron chi connectivity index (χ1n) is 4.98. The standard InChI is InChI=1S/C11H12F2N2O/c1-7-15-9-6-8(2-3-10(9)16-7)11(12,13)4-5-14/h2-3,6H,4-5,14H2,1H3. The summed E-state index contributed by atoms with van der Waals surface area (Å²) in [6, 6.07) is 4.21. The fourth-order valence-electron chi connectivity index (χ4n) is 1.60. The van der Waals surface area contributed by atoms with E-state index in [-0.39, 0.29) is 18.5 Å². The van der Waals surface area contributed by atoms with E-state index in [0.29, 0.717) is 17.0 Å². The van der Waals surface area contributed by atoms with Crippen LogP contribution in [0.1, 0.15) is 17.9 Å². The smallest absolute Gasteiger partial charge is 0.274 e. The number of aryl methyl sites for hydroxylation is 1. The summed E-state index contributed by atoms with van der Waals surface area (Å²) in [6.07, 6.45) is -0.366. The van der Waals surface area contributed by atoms with Crippen molar-refractivity contribution in [1.82, 2.24) is 4.98 Å². The molecule has 3 nitrogen and oxygen atoms in total. The average molecular weight is 226 g/mol. The van der Waals surface area contributed by atoms with Crippen molar-refractivity contribution in [3.8, 4) is 0 Å². The number of fused-ring (bicyclic) bond motifs is 1. The van der Waals surface area contributed by atoms with Crippen molar-refractivity contribution < 1.29 is 13.2 Å². The molecular weight excluding hydrogens is 214 g/mol. The maximum Gasteiger partial charge on any atom is 0.274 e. The van der Waals surface area contributed by atoms with Gasteiger partial charge in [0.25, 0.3) is 5.92 Å². The second-order valence-electron chi connectivity index (χ2n) is 3.66. The van der Waals surface area contributed by atoms with E-state index in [1.54, 1.807) is 6.92 Å². The number of oxazole rings is 1. The molecule has 86 valence electrons. The summed E-state index contributed by atoms with van der Waals surface area (Å²) in [6.45, 7) is 1.63. The number of hydrogen-bond donors (Lipinski definition) is 1. The second-order valence-corrected chi connectivity index (χ2v) is 3.66. The molecule has 0 atom stereocenters. The van der Waals surface area contributed by atoms with E-state index in [0.717, 1.165) is 0 Å². The molecule has 1 aromatic carbocycles. The largest absolute Gasteiger partial charge is 0.441 e. The maximum absolute atomic E-state index is 13.6. The molecule has 2 N–H and O–H groups in total. The Kier molecular flexibility index (Phi) is 2.63. The first-order valence-corrected chi connectivity index (χ1v) is 4.98. The van der Waals surface area contributed by atoms with Crippen LogP contribution in [0.4, 0.5) is 8.78 Å². The summed E-state index contributed by atoms with van der Waals surface area (Å²) in [5.41, 5.74) is 6.05. The van der Waals surface area contributed by atoms with Crippen molar-refractivity contribution in [3.63, 3.8) is 0 Å². The number of rotatable bonds is 3. The molecule has 16 heavy (non-hydrogen) atoms. The lowest BCUT2D eigenvalue weighted by Gasteiger charge is -2.15. The Hall–Kier alpha value is -1.49. The van der Waals surface area contributed by atoms with Gasteiger partial charge in [0.2, 0.25) is 0 Å². The topological polar surface area (TPSA) is 52.0 Å². The molecule has 0 aliphatic carbocycles. The van der Waals surface area contributed by atoms with Crippen molar-refractivity contribution >= 4 is 11.1 Å². The Bertz CT molecular complexity index is 508. The first-order chi connectivity index (χ1) is 7.53. The maximum atomic E-state index is 13.6. The lowest BCUT2D eigenvalue weighted by molar-refractivity contribution is -0.0106. The van der Waals surface area contributed by atoms with Crippen LogP contribution >= 0.6 is 0 Å². The Morgan fingerprint density at radius 3 is 2.88 bits per heavy atom. The summed E-state index contributed by atoms with van der Waals surface area (Å²) in [4.78, 5) is 4.02. The quantitative estimate of drug-likeness (QED) is 0.875. The molecule has 1 aromatic heterocycles. The van der Waals surface area contributed by atoms with Gasteiger partial charge in [-0.3, -0.25) is 0 Å². The normalized spacial score (nSPS) is 12.2. The highest BCUT2D eigenvalue weighted by molar-refractivity contribution is 5.73. The fraction of sp³-hybridized carbons (Fsp3) is 0.364. The van der Waals surface area contributed by atoms with Crippen LogP contribution in [-0.2, 0) is 5.92 Å². The summed E-state index contributed by atoms with van der Waals surface area (Å²) in [7, 11) is 0. The van der Waals surface area contributed by atoms with Gasteiger partial charge in [-0.1, -0.05) is 0 Å². The molecule has 0 amide bonds. The van der Waals surface area contributed by atoms with Gasteiger partial charge in [-0.2, -0.15) is 0 Å². The molecule has 0 radical (unpaired) electrons. The van der Waals surface area contributed by atoms with Crippen LogP contribution in [0.2, 0.25) is 0 Å². The zero-order chi connectivity index (χ0) is 11.8. The van der Waals surface area contributed by atoms with Crippen molar-refractivity contribution in [2.24, 2.45) is 5.73 Å². The monoisotopic (exact) mass is 226 g/mol. The van der Waals surface area contributed by atoms with E-state index < -0.39 is 5.92 Å². The molecule has 0 spiro atoms. The number of aromatic nitrogens is 1. The van der Waals surface area contributed by atoms with Crippen LogP contribution < -0.4 is 5.73 Å². The van der Waals surface area contributed by atoms with E-state index >= 15 is 0 Å². The van der Waals surface area contributed by atoms with Gasteiger partial charge in [-0.15, -0.1) is 0 Å². The third-order valence-corrected chi connectivity index (χ3v) is 2.38. The Labute approximate surface area is 91.3 Å². The molecule has 0 saturated heterocycles. The highest BCUT2D eigenvalue weighted by atomic mass is 19.3. The SMILES string of the molecule is Cc1nc2cc(C(F)(F)CCN)ccc2o1. The highest BCUT2D eigenvalue weighted by Crippen LogP contribution is 2.32. The number of hydrogen-bond acceptors (Lipinski definition) is 3. The molecule has 0 aliphatic heterocycles. The predicted molar refractivity (Wildman–Crippen MR) is 56.3 cm³/mol. The molecule has 0 saturated carbocycles. The number of alkyl halides is 2. The number of nitrogens with zero attached hydrogens (tertiary/aromatic N) is 1. The minimum absolute atomic E-state index is 0.0527. The molecular formula is C11H12F2N2O. The van der Waals surface area contributed by atoms with Gasteiger partial charge in [0, 0.05) is 18.9 Å². The van der Waals surface area contributed by atoms with Gasteiger partial charge in [0.1, 0.15) is 5.52 Å². The summed E-state index contributed by atoms with van der Waals surface area (Å²) in [5.74, 6) is -2.44. The highest BCUT2D eigenvalue weighted by Gasteiger charge is 2.30. The zero-order valence-corrected chi connectivity index (χ0v) is 8.84.